The van der Waals surface area contributed by atoms with E-state index in [2.05, 4.69) is 4.42 Å². The maximum absolute atomic E-state index is 9.65. The van der Waals surface area contributed by atoms with E-state index in [9.17, 15) is 4.79 Å². The van der Waals surface area contributed by atoms with Crippen LogP contribution in [0.1, 0.15) is 5.76 Å². The van der Waals surface area contributed by atoms with Crippen molar-refractivity contribution < 1.29 is 30.3 Å². The minimum atomic E-state index is 0. The zero-order valence-electron chi connectivity index (χ0n) is 3.96. The van der Waals surface area contributed by atoms with Crippen LogP contribution in [-0.4, -0.2) is 6.29 Å². The standard InChI is InChI=1S/C5H3O2.Mo/c6-4-5-2-1-3-7-5;/h1-3H;/q-1;. The average molecular weight is 191 g/mol. The van der Waals surface area contributed by atoms with Crippen LogP contribution >= 0.6 is 0 Å². The molecule has 42 valence electrons. The second kappa shape index (κ2) is 3.62. The maximum Gasteiger partial charge on any atom is 0.0690 e. The van der Waals surface area contributed by atoms with Crippen molar-refractivity contribution in [2.24, 2.45) is 0 Å². The van der Waals surface area contributed by atoms with Crippen LogP contribution in [0.5, 0.6) is 0 Å². The van der Waals surface area contributed by atoms with Crippen molar-refractivity contribution in [2.45, 2.75) is 0 Å². The maximum atomic E-state index is 9.65. The Morgan fingerprint density at radius 3 is 2.62 bits per heavy atom. The van der Waals surface area contributed by atoms with Gasteiger partial charge in [-0.1, -0.05) is 0 Å². The number of hydrogen-bond donors (Lipinski definition) is 0. The summed E-state index contributed by atoms with van der Waals surface area (Å²) < 4.78 is 4.56. The molecule has 3 heteroatoms. The van der Waals surface area contributed by atoms with Crippen molar-refractivity contribution in [1.29, 1.82) is 0 Å². The summed E-state index contributed by atoms with van der Waals surface area (Å²) in [4.78, 5) is 9.65. The van der Waals surface area contributed by atoms with Crippen molar-refractivity contribution >= 4 is 6.29 Å². The third-order valence-electron chi connectivity index (χ3n) is 0.622. The van der Waals surface area contributed by atoms with Gasteiger partial charge in [-0.25, -0.2) is 0 Å². The van der Waals surface area contributed by atoms with Crippen LogP contribution in [0.4, 0.5) is 0 Å². The van der Waals surface area contributed by atoms with Crippen molar-refractivity contribution in [3.8, 4) is 0 Å². The Morgan fingerprint density at radius 2 is 2.38 bits per heavy atom. The Hall–Kier alpha value is -0.362. The predicted molar refractivity (Wildman–Crippen MR) is 23.5 cm³/mol. The first-order chi connectivity index (χ1) is 3.43. The van der Waals surface area contributed by atoms with E-state index in [1.54, 1.807) is 18.4 Å². The summed E-state index contributed by atoms with van der Waals surface area (Å²) >= 11 is 0. The number of furan rings is 1. The molecule has 0 amide bonds. The Kier molecular flexibility index (Phi) is 3.45. The molecule has 2 nitrogen and oxygen atoms in total. The Labute approximate surface area is 61.1 Å². The van der Waals surface area contributed by atoms with E-state index in [0.29, 0.717) is 0 Å². The smallest absolute Gasteiger partial charge is 0.0690 e. The number of rotatable bonds is 1. The summed E-state index contributed by atoms with van der Waals surface area (Å²) in [6, 6.07) is 3.19. The largest absolute Gasteiger partial charge is 0.501 e. The molecule has 0 N–H and O–H groups in total. The fourth-order valence-electron chi connectivity index (χ4n) is 0.337. The molecule has 0 fully saturated rings. The minimum absolute atomic E-state index is 0. The molecular weight excluding hydrogens is 188 g/mol. The fourth-order valence-corrected chi connectivity index (χ4v) is 0.337. The van der Waals surface area contributed by atoms with Gasteiger partial charge in [0.2, 0.25) is 0 Å². The summed E-state index contributed by atoms with van der Waals surface area (Å²) in [6.45, 7) is 0. The first-order valence-electron chi connectivity index (χ1n) is 1.85. The minimum Gasteiger partial charge on any atom is -0.501 e. The summed E-state index contributed by atoms with van der Waals surface area (Å²) in [5.74, 6) is 0.250. The van der Waals surface area contributed by atoms with Gasteiger partial charge in [0.15, 0.2) is 0 Å². The molecule has 0 aromatic carbocycles. The quantitative estimate of drug-likeness (QED) is 0.484. The van der Waals surface area contributed by atoms with E-state index >= 15 is 0 Å². The van der Waals surface area contributed by atoms with Gasteiger partial charge in [0.1, 0.15) is 0 Å². The summed E-state index contributed by atoms with van der Waals surface area (Å²) in [7, 11) is 0. The number of hydrogen-bond acceptors (Lipinski definition) is 2. The van der Waals surface area contributed by atoms with Crippen molar-refractivity contribution in [3.05, 3.63) is 24.2 Å². The van der Waals surface area contributed by atoms with E-state index < -0.39 is 0 Å². The zero-order chi connectivity index (χ0) is 5.11. The molecule has 1 heterocycles. The van der Waals surface area contributed by atoms with Gasteiger partial charge in [-0.3, -0.25) is 0 Å². The predicted octanol–water partition coefficient (Wildman–Crippen LogP) is 0.735. The van der Waals surface area contributed by atoms with E-state index in [4.69, 9.17) is 0 Å². The summed E-state index contributed by atoms with van der Waals surface area (Å²) in [6.07, 6.45) is 3.02. The molecular formula is C5H3MoO2-. The second-order valence-electron chi connectivity index (χ2n) is 1.08. The van der Waals surface area contributed by atoms with E-state index in [-0.39, 0.29) is 26.8 Å². The molecule has 0 saturated heterocycles. The molecule has 0 aliphatic carbocycles. The van der Waals surface area contributed by atoms with Crippen LogP contribution in [0, 0.1) is 0 Å². The van der Waals surface area contributed by atoms with Crippen LogP contribution in [0.2, 0.25) is 0 Å². The molecule has 0 aliphatic rings. The Balaban J connectivity index is 0.000000490. The Morgan fingerprint density at radius 1 is 1.62 bits per heavy atom. The normalized spacial score (nSPS) is 7.50. The van der Waals surface area contributed by atoms with Gasteiger partial charge in [-0.2, -0.15) is 6.07 Å². The van der Waals surface area contributed by atoms with Crippen LogP contribution in [-0.2, 0) is 25.9 Å². The van der Waals surface area contributed by atoms with Gasteiger partial charge >= 0.3 is 0 Å². The molecule has 0 saturated carbocycles. The van der Waals surface area contributed by atoms with Crippen molar-refractivity contribution in [1.82, 2.24) is 0 Å². The van der Waals surface area contributed by atoms with Gasteiger partial charge < -0.3 is 9.21 Å². The van der Waals surface area contributed by atoms with Crippen LogP contribution in [0.3, 0.4) is 0 Å². The molecule has 0 spiro atoms. The van der Waals surface area contributed by atoms with Gasteiger partial charge in [0.05, 0.1) is 6.26 Å². The SMILES string of the molecule is O=[C-]c1ccco1.[Mo]. The Bertz CT molecular complexity index is 145. The van der Waals surface area contributed by atoms with Gasteiger partial charge in [-0.15, -0.1) is 6.07 Å². The van der Waals surface area contributed by atoms with Crippen molar-refractivity contribution in [2.75, 3.05) is 0 Å². The van der Waals surface area contributed by atoms with E-state index in [1.165, 1.54) is 6.26 Å². The topological polar surface area (TPSA) is 30.2 Å². The molecule has 1 aromatic heterocycles. The average Bonchev–Trinajstić information content (AvgIpc) is 2.14. The third kappa shape index (κ3) is 1.63. The first-order valence-corrected chi connectivity index (χ1v) is 1.85. The second-order valence-corrected chi connectivity index (χ2v) is 1.08. The molecule has 0 radical (unpaired) electrons. The number of carbonyl (C=O) groups excluding carboxylic acids is 1. The van der Waals surface area contributed by atoms with Crippen LogP contribution < -0.4 is 0 Å². The fraction of sp³-hybridized carbons (Fsp3) is 0. The summed E-state index contributed by atoms with van der Waals surface area (Å²) in [5, 5.41) is 0. The first kappa shape index (κ1) is 7.64. The molecule has 0 aliphatic heterocycles. The van der Waals surface area contributed by atoms with E-state index in [1.807, 2.05) is 0 Å². The monoisotopic (exact) mass is 193 g/mol. The van der Waals surface area contributed by atoms with Crippen molar-refractivity contribution in [3.63, 3.8) is 0 Å². The molecule has 0 bridgehead atoms. The van der Waals surface area contributed by atoms with Gasteiger partial charge in [0.25, 0.3) is 0 Å². The summed E-state index contributed by atoms with van der Waals surface area (Å²) in [5.41, 5.74) is 0. The van der Waals surface area contributed by atoms with Gasteiger partial charge in [0, 0.05) is 27.4 Å². The molecule has 8 heavy (non-hydrogen) atoms. The zero-order valence-corrected chi connectivity index (χ0v) is 5.96. The van der Waals surface area contributed by atoms with Gasteiger partial charge in [-0.05, 0) is 5.76 Å². The molecule has 1 aromatic rings. The third-order valence-corrected chi connectivity index (χ3v) is 0.622. The molecule has 0 unspecified atom stereocenters. The van der Waals surface area contributed by atoms with Crippen LogP contribution in [0.25, 0.3) is 0 Å². The van der Waals surface area contributed by atoms with E-state index in [0.717, 1.165) is 0 Å². The molecule has 1 rings (SSSR count). The molecule has 0 atom stereocenters. The van der Waals surface area contributed by atoms with Crippen LogP contribution in [0.15, 0.2) is 22.8 Å².